The summed E-state index contributed by atoms with van der Waals surface area (Å²) in [5.41, 5.74) is 0. The van der Waals surface area contributed by atoms with Crippen LogP contribution in [0, 0.1) is 0 Å². The van der Waals surface area contributed by atoms with Gasteiger partial charge in [0.05, 0.1) is 0 Å². The Labute approximate surface area is 100 Å². The molecule has 0 aliphatic carbocycles. The fraction of sp³-hybridized carbons (Fsp3) is 0. The van der Waals surface area contributed by atoms with E-state index in [0.717, 1.165) is 0 Å². The Balaban J connectivity index is -0.0000000178. The first-order valence-corrected chi connectivity index (χ1v) is 4.64. The molecule has 14 heavy (non-hydrogen) atoms. The number of rotatable bonds is 0. The third-order valence-corrected chi connectivity index (χ3v) is 0. The first-order valence-electron chi connectivity index (χ1n) is 1.55. The van der Waals surface area contributed by atoms with E-state index in [4.69, 9.17) is 38.5 Å². The summed E-state index contributed by atoms with van der Waals surface area (Å²) in [6.07, 6.45) is 0. The summed E-state index contributed by atoms with van der Waals surface area (Å²) < 4.78 is 17.7. The van der Waals surface area contributed by atoms with Crippen LogP contribution in [-0.4, -0.2) is 40.9 Å². The summed E-state index contributed by atoms with van der Waals surface area (Å²) in [6.45, 7) is 0. The molecule has 11 N–H and O–H groups in total. The molecule has 0 unspecified atom stereocenters. The summed E-state index contributed by atoms with van der Waals surface area (Å²) >= 11 is 0. The van der Waals surface area contributed by atoms with E-state index in [2.05, 4.69) is 0 Å². The van der Waals surface area contributed by atoms with E-state index in [1.165, 1.54) is 0 Å². The van der Waals surface area contributed by atoms with Crippen molar-refractivity contribution in [3.05, 3.63) is 0 Å². The van der Waals surface area contributed by atoms with Gasteiger partial charge in [-0.3, -0.25) is 4.57 Å². The van der Waals surface area contributed by atoms with Crippen LogP contribution in [-0.2, 0) is 9.13 Å². The van der Waals surface area contributed by atoms with Crippen molar-refractivity contribution in [2.24, 2.45) is 0 Å². The second kappa shape index (κ2) is 14.1. The van der Waals surface area contributed by atoms with Crippen molar-refractivity contribution in [3.63, 3.8) is 0 Å². The van der Waals surface area contributed by atoms with Crippen molar-refractivity contribution in [3.8, 4) is 0 Å². The van der Waals surface area contributed by atoms with Crippen LogP contribution in [0.2, 0.25) is 0 Å². The van der Waals surface area contributed by atoms with Crippen molar-refractivity contribution in [2.45, 2.75) is 0 Å². The van der Waals surface area contributed by atoms with Crippen LogP contribution in [0.4, 0.5) is 0 Å². The van der Waals surface area contributed by atoms with Gasteiger partial charge in [-0.05, 0) is 0 Å². The quantitative estimate of drug-likeness (QED) is 0.208. The van der Waals surface area contributed by atoms with Gasteiger partial charge in [-0.25, -0.2) is 4.57 Å². The van der Waals surface area contributed by atoms with Crippen LogP contribution >= 0.6 is 15.6 Å². The van der Waals surface area contributed by atoms with Gasteiger partial charge in [0.2, 0.25) is 0 Å². The van der Waals surface area contributed by atoms with E-state index in [9.17, 15) is 0 Å². The molecule has 0 spiro atoms. The summed E-state index contributed by atoms with van der Waals surface area (Å²) in [5, 5.41) is 0. The number of hydrogen-bond acceptors (Lipinski definition) is 3. The van der Waals surface area contributed by atoms with E-state index in [1.807, 2.05) is 0 Å². The van der Waals surface area contributed by atoms with E-state index < -0.39 is 15.6 Å². The molecule has 0 aromatic rings. The van der Waals surface area contributed by atoms with Crippen LogP contribution < -0.4 is 34.5 Å². The van der Waals surface area contributed by atoms with Gasteiger partial charge in [0.1, 0.15) is 0 Å². The van der Waals surface area contributed by atoms with Crippen LogP contribution in [0.5, 0.6) is 0 Å². The molecule has 0 fully saturated rings. The average molecular weight is 272 g/mol. The number of phosphoric acid groups is 2. The van der Waals surface area contributed by atoms with Crippen molar-refractivity contribution < 1.29 is 84.5 Å². The summed E-state index contributed by atoms with van der Waals surface area (Å²) in [7, 11) is -9.53. The molecule has 14 heteroatoms. The Bertz CT molecular complexity index is 126. The molecule has 0 amide bonds. The molecule has 0 heterocycles. The van der Waals surface area contributed by atoms with Crippen LogP contribution in [0.3, 0.4) is 0 Å². The Morgan fingerprint density at radius 3 is 0.786 bits per heavy atom. The van der Waals surface area contributed by atoms with Gasteiger partial charge < -0.3 is 45.8 Å². The van der Waals surface area contributed by atoms with Gasteiger partial charge in [0, 0.05) is 0 Å². The normalized spacial score (nSPS) is 8.43. The minimum absolute atomic E-state index is 0. The van der Waals surface area contributed by atoms with Crippen molar-refractivity contribution >= 4 is 15.6 Å². The monoisotopic (exact) mass is 272 g/mol. The van der Waals surface area contributed by atoms with Crippen LogP contribution in [0.25, 0.3) is 0 Å². The summed E-state index contributed by atoms with van der Waals surface area (Å²) in [6, 6.07) is 0. The van der Waals surface area contributed by atoms with Gasteiger partial charge in [0.25, 0.3) is 7.82 Å². The van der Waals surface area contributed by atoms with E-state index in [0.29, 0.717) is 0 Å². The van der Waals surface area contributed by atoms with Crippen molar-refractivity contribution in [2.75, 3.05) is 0 Å². The molecule has 0 radical (unpaired) electrons. The molecule has 0 saturated heterocycles. The van der Waals surface area contributed by atoms with Gasteiger partial charge in [-0.2, -0.15) is 0 Å². The molecule has 0 aliphatic rings. The molecule has 0 bridgehead atoms. The van der Waals surface area contributed by atoms with Gasteiger partial charge in [-0.1, -0.05) is 0 Å². The topological polar surface area (TPSA) is 253 Å². The fourth-order valence-electron chi connectivity index (χ4n) is 0. The van der Waals surface area contributed by atoms with Crippen LogP contribution in [0.1, 0.15) is 0 Å². The Morgan fingerprint density at radius 2 is 0.786 bits per heavy atom. The molecule has 0 saturated carbocycles. The summed E-state index contributed by atoms with van der Waals surface area (Å²) in [4.78, 5) is 44.5. The molecular weight excluding hydrogens is 261 g/mol. The predicted octanol–water partition coefficient (Wildman–Crippen LogP) is -7.96. The number of hydrogen-bond donors (Lipinski definition) is 5. The minimum atomic E-state index is -4.89. The minimum Gasteiger partial charge on any atom is -0.756 e. The first-order chi connectivity index (χ1) is 4.00. The molecule has 0 aromatic carbocycles. The van der Waals surface area contributed by atoms with Crippen molar-refractivity contribution in [1.82, 2.24) is 0 Å². The van der Waals surface area contributed by atoms with Gasteiger partial charge in [-0.15, -0.1) is 0 Å². The second-order valence-corrected chi connectivity index (χ2v) is 3.01. The Hall–Kier alpha value is 1.10. The van der Waals surface area contributed by atoms with Crippen molar-refractivity contribution in [1.29, 1.82) is 0 Å². The third kappa shape index (κ3) is 1590. The fourth-order valence-corrected chi connectivity index (χ4v) is 0. The third-order valence-electron chi connectivity index (χ3n) is 0. The molecule has 0 atom stereocenters. The van der Waals surface area contributed by atoms with Gasteiger partial charge in [0.15, 0.2) is 0 Å². The standard InChI is InChI=1S/Na.2H3O4P.3H2O/c;2*1-5(2,3)4;;;/h;2*(H3,1,2,3,4);3*1H2/q+1;;;;;/p-1. The largest absolute Gasteiger partial charge is 1.00 e. The maximum absolute atomic E-state index is 8.88. The summed E-state index contributed by atoms with van der Waals surface area (Å²) in [5.74, 6) is 0. The zero-order chi connectivity index (χ0) is 9.00. The zero-order valence-corrected chi connectivity index (χ0v) is 10.6. The van der Waals surface area contributed by atoms with E-state index in [-0.39, 0.29) is 46.0 Å². The first kappa shape index (κ1) is 36.3. The maximum Gasteiger partial charge on any atom is 1.00 e. The average Bonchev–Trinajstić information content (AvgIpc) is 1.12. The molecule has 0 rings (SSSR count). The Morgan fingerprint density at radius 1 is 0.786 bits per heavy atom. The van der Waals surface area contributed by atoms with E-state index >= 15 is 0 Å². The zero-order valence-electron chi connectivity index (χ0n) is 6.86. The molecule has 11 nitrogen and oxygen atoms in total. The molecule has 0 aromatic heterocycles. The van der Waals surface area contributed by atoms with Crippen LogP contribution in [0.15, 0.2) is 0 Å². The SMILES string of the molecule is O.O.O.O=P(O)(O)O.O=P([O-])(O)O.[Na+]. The molecule has 88 valence electrons. The van der Waals surface area contributed by atoms with E-state index in [1.54, 1.807) is 0 Å². The smallest absolute Gasteiger partial charge is 0.756 e. The Kier molecular flexibility index (Phi) is 36.5. The molecular formula is H11NaO11P2. The second-order valence-electron chi connectivity index (χ2n) is 1.00. The molecule has 0 aliphatic heterocycles. The maximum atomic E-state index is 8.88. The predicted molar refractivity (Wildman–Crippen MR) is 37.1 cm³/mol. The van der Waals surface area contributed by atoms with Gasteiger partial charge >= 0.3 is 37.4 Å².